The van der Waals surface area contributed by atoms with E-state index in [1.165, 1.54) is 22.3 Å². The Balaban J connectivity index is 2.39. The lowest BCUT2D eigenvalue weighted by atomic mass is 9.96. The van der Waals surface area contributed by atoms with Crippen molar-refractivity contribution in [3.05, 3.63) is 70.8 Å². The topological polar surface area (TPSA) is 12.0 Å². The molecule has 0 spiro atoms. The number of hydrogen-bond donors (Lipinski definition) is 1. The van der Waals surface area contributed by atoms with Crippen molar-refractivity contribution in [2.24, 2.45) is 0 Å². The Bertz CT molecular complexity index is 488. The minimum Gasteiger partial charge on any atom is -0.309 e. The van der Waals surface area contributed by atoms with Crippen LogP contribution in [0.4, 0.5) is 0 Å². The summed E-state index contributed by atoms with van der Waals surface area (Å²) in [5.41, 5.74) is 5.32. The molecule has 1 heteroatoms. The number of benzene rings is 2. The van der Waals surface area contributed by atoms with Crippen molar-refractivity contribution in [3.8, 4) is 0 Å². The van der Waals surface area contributed by atoms with Gasteiger partial charge in [0.05, 0.1) is 6.04 Å². The lowest BCUT2D eigenvalue weighted by Crippen LogP contribution is -2.17. The average molecular weight is 225 g/mol. The van der Waals surface area contributed by atoms with Crippen LogP contribution in [0.3, 0.4) is 0 Å². The summed E-state index contributed by atoms with van der Waals surface area (Å²) >= 11 is 0. The highest BCUT2D eigenvalue weighted by molar-refractivity contribution is 5.37. The van der Waals surface area contributed by atoms with E-state index >= 15 is 0 Å². The number of rotatable bonds is 3. The van der Waals surface area contributed by atoms with Crippen LogP contribution < -0.4 is 5.32 Å². The average Bonchev–Trinajstić information content (AvgIpc) is 2.36. The molecule has 0 amide bonds. The van der Waals surface area contributed by atoms with Gasteiger partial charge in [-0.1, -0.05) is 48.5 Å². The number of aryl methyl sites for hydroxylation is 2. The molecular weight excluding hydrogens is 206 g/mol. The van der Waals surface area contributed by atoms with Gasteiger partial charge in [-0.25, -0.2) is 0 Å². The highest BCUT2D eigenvalue weighted by Crippen LogP contribution is 2.23. The summed E-state index contributed by atoms with van der Waals surface area (Å²) in [7, 11) is 2.01. The first-order valence-electron chi connectivity index (χ1n) is 6.01. The zero-order valence-corrected chi connectivity index (χ0v) is 10.7. The van der Waals surface area contributed by atoms with Gasteiger partial charge in [0.25, 0.3) is 0 Å². The van der Waals surface area contributed by atoms with Crippen LogP contribution in [0.25, 0.3) is 0 Å². The molecule has 1 N–H and O–H groups in total. The second-order valence-corrected chi connectivity index (χ2v) is 4.48. The van der Waals surface area contributed by atoms with Crippen LogP contribution in [0.15, 0.2) is 48.5 Å². The third-order valence-corrected chi connectivity index (χ3v) is 3.29. The van der Waals surface area contributed by atoms with E-state index in [-0.39, 0.29) is 6.04 Å². The third kappa shape index (κ3) is 2.56. The predicted molar refractivity (Wildman–Crippen MR) is 73.3 cm³/mol. The molecule has 0 aliphatic heterocycles. The molecular formula is C16H19N. The van der Waals surface area contributed by atoms with E-state index in [1.54, 1.807) is 0 Å². The standard InChI is InChI=1S/C16H19N/c1-12-9-10-15(11-13(12)2)16(17-3)14-7-5-4-6-8-14/h4-11,16-17H,1-3H3. The van der Waals surface area contributed by atoms with Crippen LogP contribution in [-0.4, -0.2) is 7.05 Å². The molecule has 88 valence electrons. The van der Waals surface area contributed by atoms with Crippen molar-refractivity contribution in [1.82, 2.24) is 5.32 Å². The fourth-order valence-electron chi connectivity index (χ4n) is 2.12. The van der Waals surface area contributed by atoms with Crippen LogP contribution in [0, 0.1) is 13.8 Å². The van der Waals surface area contributed by atoms with E-state index in [4.69, 9.17) is 0 Å². The van der Waals surface area contributed by atoms with E-state index in [0.29, 0.717) is 0 Å². The summed E-state index contributed by atoms with van der Waals surface area (Å²) in [5, 5.41) is 3.38. The molecule has 1 unspecified atom stereocenters. The Labute approximate surface area is 103 Å². The van der Waals surface area contributed by atoms with Gasteiger partial charge in [-0.2, -0.15) is 0 Å². The highest BCUT2D eigenvalue weighted by atomic mass is 14.9. The SMILES string of the molecule is CNC(c1ccccc1)c1ccc(C)c(C)c1. The molecule has 1 nitrogen and oxygen atoms in total. The second kappa shape index (κ2) is 5.15. The summed E-state index contributed by atoms with van der Waals surface area (Å²) in [6.07, 6.45) is 0. The van der Waals surface area contributed by atoms with Crippen LogP contribution in [0.1, 0.15) is 28.3 Å². The van der Waals surface area contributed by atoms with Crippen LogP contribution in [0.5, 0.6) is 0 Å². The summed E-state index contributed by atoms with van der Waals surface area (Å²) in [6, 6.07) is 17.5. The lowest BCUT2D eigenvalue weighted by Gasteiger charge is -2.18. The maximum absolute atomic E-state index is 3.38. The minimum atomic E-state index is 0.274. The molecule has 1 atom stereocenters. The Morgan fingerprint density at radius 3 is 2.12 bits per heavy atom. The van der Waals surface area contributed by atoms with E-state index in [2.05, 4.69) is 67.7 Å². The quantitative estimate of drug-likeness (QED) is 0.841. The third-order valence-electron chi connectivity index (χ3n) is 3.29. The molecule has 0 aliphatic rings. The molecule has 0 radical (unpaired) electrons. The highest BCUT2D eigenvalue weighted by Gasteiger charge is 2.11. The molecule has 17 heavy (non-hydrogen) atoms. The number of nitrogens with one attached hydrogen (secondary N) is 1. The van der Waals surface area contributed by atoms with E-state index < -0.39 is 0 Å². The van der Waals surface area contributed by atoms with Gasteiger partial charge in [-0.15, -0.1) is 0 Å². The minimum absolute atomic E-state index is 0.274. The lowest BCUT2D eigenvalue weighted by molar-refractivity contribution is 0.691. The predicted octanol–water partition coefficient (Wildman–Crippen LogP) is 3.61. The van der Waals surface area contributed by atoms with Gasteiger partial charge in [-0.05, 0) is 43.1 Å². The molecule has 0 aliphatic carbocycles. The maximum atomic E-state index is 3.38. The zero-order valence-electron chi connectivity index (χ0n) is 10.7. The molecule has 0 heterocycles. The van der Waals surface area contributed by atoms with Gasteiger partial charge in [0.2, 0.25) is 0 Å². The Morgan fingerprint density at radius 1 is 0.824 bits per heavy atom. The molecule has 2 rings (SSSR count). The first-order chi connectivity index (χ1) is 8.22. The summed E-state index contributed by atoms with van der Waals surface area (Å²) in [6.45, 7) is 4.31. The summed E-state index contributed by atoms with van der Waals surface area (Å²) in [4.78, 5) is 0. The van der Waals surface area contributed by atoms with E-state index in [0.717, 1.165) is 0 Å². The Kier molecular flexibility index (Phi) is 3.60. The molecule has 0 saturated carbocycles. The van der Waals surface area contributed by atoms with Gasteiger partial charge in [0.1, 0.15) is 0 Å². The molecule has 2 aromatic rings. The Morgan fingerprint density at radius 2 is 1.53 bits per heavy atom. The summed E-state index contributed by atoms with van der Waals surface area (Å²) in [5.74, 6) is 0. The second-order valence-electron chi connectivity index (χ2n) is 4.48. The molecule has 0 fully saturated rings. The normalized spacial score (nSPS) is 12.4. The van der Waals surface area contributed by atoms with Crippen LogP contribution in [-0.2, 0) is 0 Å². The number of hydrogen-bond acceptors (Lipinski definition) is 1. The van der Waals surface area contributed by atoms with Crippen LogP contribution in [0.2, 0.25) is 0 Å². The summed E-state index contributed by atoms with van der Waals surface area (Å²) < 4.78 is 0. The first kappa shape index (κ1) is 11.9. The smallest absolute Gasteiger partial charge is 0.0574 e. The molecule has 2 aromatic carbocycles. The van der Waals surface area contributed by atoms with Crippen molar-refractivity contribution in [1.29, 1.82) is 0 Å². The van der Waals surface area contributed by atoms with Crippen molar-refractivity contribution >= 4 is 0 Å². The first-order valence-corrected chi connectivity index (χ1v) is 6.01. The molecule has 0 aromatic heterocycles. The monoisotopic (exact) mass is 225 g/mol. The van der Waals surface area contributed by atoms with Crippen LogP contribution >= 0.6 is 0 Å². The van der Waals surface area contributed by atoms with Crippen molar-refractivity contribution < 1.29 is 0 Å². The van der Waals surface area contributed by atoms with E-state index in [9.17, 15) is 0 Å². The van der Waals surface area contributed by atoms with Gasteiger partial charge < -0.3 is 5.32 Å². The van der Waals surface area contributed by atoms with E-state index in [1.807, 2.05) is 7.05 Å². The molecule has 0 saturated heterocycles. The van der Waals surface area contributed by atoms with Gasteiger partial charge in [-0.3, -0.25) is 0 Å². The fraction of sp³-hybridized carbons (Fsp3) is 0.250. The largest absolute Gasteiger partial charge is 0.309 e. The maximum Gasteiger partial charge on any atom is 0.0574 e. The van der Waals surface area contributed by atoms with Crippen molar-refractivity contribution in [2.45, 2.75) is 19.9 Å². The molecule has 0 bridgehead atoms. The fourth-order valence-corrected chi connectivity index (χ4v) is 2.12. The van der Waals surface area contributed by atoms with Gasteiger partial charge in [0.15, 0.2) is 0 Å². The Hall–Kier alpha value is -1.60. The van der Waals surface area contributed by atoms with Gasteiger partial charge in [0, 0.05) is 0 Å². The van der Waals surface area contributed by atoms with Crippen molar-refractivity contribution in [2.75, 3.05) is 7.05 Å². The van der Waals surface area contributed by atoms with Gasteiger partial charge >= 0.3 is 0 Å². The zero-order chi connectivity index (χ0) is 12.3. The van der Waals surface area contributed by atoms with Crippen molar-refractivity contribution in [3.63, 3.8) is 0 Å².